The number of amides is 1. The van der Waals surface area contributed by atoms with E-state index in [-0.39, 0.29) is 5.56 Å². The number of hydrogen-bond acceptors (Lipinski definition) is 2. The molecule has 0 saturated heterocycles. The molecule has 0 bridgehead atoms. The molecular weight excluding hydrogens is 337 g/mol. The van der Waals surface area contributed by atoms with Crippen LogP contribution in [-0.4, -0.2) is 29.0 Å². The van der Waals surface area contributed by atoms with E-state index in [4.69, 9.17) is 0 Å². The largest absolute Gasteiger partial charge is 0.413 e. The van der Waals surface area contributed by atoms with E-state index in [2.05, 4.69) is 20.9 Å². The lowest BCUT2D eigenvalue weighted by molar-refractivity contribution is -0.192. The number of hydrogen-bond donors (Lipinski definition) is 0. The topological polar surface area (TPSA) is 33.2 Å². The van der Waals surface area contributed by atoms with E-state index in [1.54, 1.807) is 20.8 Å². The van der Waals surface area contributed by atoms with Gasteiger partial charge in [0.2, 0.25) is 5.91 Å². The summed E-state index contributed by atoms with van der Waals surface area (Å²) in [7, 11) is 1.16. The average molecular weight is 353 g/mol. The molecule has 112 valence electrons. The highest BCUT2D eigenvalue weighted by Gasteiger charge is 2.46. The standard InChI is InChI=1S/C13H16BrF3N2O/c1-12(2,3)11(20)19(4)10(13(15,16)17)8-5-6-9(14)18-7-8/h5-7,10H,1-4H3. The molecule has 0 saturated carbocycles. The fraction of sp³-hybridized carbons (Fsp3) is 0.538. The van der Waals surface area contributed by atoms with Gasteiger partial charge in [-0.2, -0.15) is 13.2 Å². The van der Waals surface area contributed by atoms with Gasteiger partial charge in [0.25, 0.3) is 0 Å². The van der Waals surface area contributed by atoms with Gasteiger partial charge in [0, 0.05) is 24.2 Å². The smallest absolute Gasteiger partial charge is 0.329 e. The normalized spacial score (nSPS) is 14.0. The Hall–Kier alpha value is -1.11. The van der Waals surface area contributed by atoms with Crippen LogP contribution < -0.4 is 0 Å². The van der Waals surface area contributed by atoms with E-state index in [0.29, 0.717) is 4.60 Å². The van der Waals surface area contributed by atoms with Gasteiger partial charge in [0.05, 0.1) is 0 Å². The van der Waals surface area contributed by atoms with E-state index >= 15 is 0 Å². The monoisotopic (exact) mass is 352 g/mol. The molecule has 20 heavy (non-hydrogen) atoms. The Morgan fingerprint density at radius 3 is 2.20 bits per heavy atom. The predicted octanol–water partition coefficient (Wildman–Crippen LogP) is 3.95. The third-order valence-electron chi connectivity index (χ3n) is 2.73. The summed E-state index contributed by atoms with van der Waals surface area (Å²) < 4.78 is 40.3. The first kappa shape index (κ1) is 16.9. The maximum Gasteiger partial charge on any atom is 0.413 e. The molecule has 1 amide bonds. The summed E-state index contributed by atoms with van der Waals surface area (Å²) in [6.07, 6.45) is -3.44. The van der Waals surface area contributed by atoms with Gasteiger partial charge in [-0.15, -0.1) is 0 Å². The Morgan fingerprint density at radius 1 is 1.30 bits per heavy atom. The Balaban J connectivity index is 3.21. The number of carbonyl (C=O) groups excluding carboxylic acids is 1. The maximum atomic E-state index is 13.3. The number of rotatable bonds is 2. The van der Waals surface area contributed by atoms with Crippen LogP contribution in [0.3, 0.4) is 0 Å². The molecular formula is C13H16BrF3N2O. The lowest BCUT2D eigenvalue weighted by Gasteiger charge is -2.34. The molecule has 0 spiro atoms. The number of aromatic nitrogens is 1. The highest BCUT2D eigenvalue weighted by molar-refractivity contribution is 9.10. The van der Waals surface area contributed by atoms with Gasteiger partial charge < -0.3 is 4.90 Å². The van der Waals surface area contributed by atoms with E-state index in [0.717, 1.165) is 18.1 Å². The summed E-state index contributed by atoms with van der Waals surface area (Å²) in [5.41, 5.74) is -0.957. The first-order valence-corrected chi connectivity index (χ1v) is 6.69. The van der Waals surface area contributed by atoms with Crippen LogP contribution >= 0.6 is 15.9 Å². The lowest BCUT2D eigenvalue weighted by atomic mass is 9.93. The first-order valence-electron chi connectivity index (χ1n) is 5.90. The number of nitrogens with zero attached hydrogens (tertiary/aromatic N) is 2. The van der Waals surface area contributed by atoms with Gasteiger partial charge in [-0.3, -0.25) is 4.79 Å². The molecule has 1 atom stereocenters. The zero-order valence-corrected chi connectivity index (χ0v) is 13.2. The Kier molecular flexibility index (Phi) is 4.84. The van der Waals surface area contributed by atoms with Crippen LogP contribution in [0.2, 0.25) is 0 Å². The third-order valence-corrected chi connectivity index (χ3v) is 3.19. The van der Waals surface area contributed by atoms with E-state index in [1.807, 2.05) is 0 Å². The second kappa shape index (κ2) is 5.71. The number of halogens is 4. The molecule has 0 fully saturated rings. The van der Waals surface area contributed by atoms with Crippen molar-refractivity contribution >= 4 is 21.8 Å². The van der Waals surface area contributed by atoms with Crippen LogP contribution in [0.1, 0.15) is 32.4 Å². The fourth-order valence-electron chi connectivity index (χ4n) is 1.83. The van der Waals surface area contributed by atoms with Crippen molar-refractivity contribution in [1.82, 2.24) is 9.88 Å². The van der Waals surface area contributed by atoms with Crippen molar-refractivity contribution in [1.29, 1.82) is 0 Å². The van der Waals surface area contributed by atoms with Crippen molar-refractivity contribution in [3.8, 4) is 0 Å². The maximum absolute atomic E-state index is 13.3. The van der Waals surface area contributed by atoms with Crippen LogP contribution in [0.15, 0.2) is 22.9 Å². The number of carbonyl (C=O) groups is 1. The van der Waals surface area contributed by atoms with Gasteiger partial charge in [-0.05, 0) is 22.0 Å². The molecule has 0 aliphatic rings. The highest BCUT2D eigenvalue weighted by Crippen LogP contribution is 2.38. The van der Waals surface area contributed by atoms with Gasteiger partial charge in [-0.25, -0.2) is 4.98 Å². The molecule has 0 aromatic carbocycles. The minimum absolute atomic E-state index is 0.0687. The zero-order valence-electron chi connectivity index (χ0n) is 11.6. The van der Waals surface area contributed by atoms with Crippen molar-refractivity contribution in [2.45, 2.75) is 33.0 Å². The highest BCUT2D eigenvalue weighted by atomic mass is 79.9. The summed E-state index contributed by atoms with van der Waals surface area (Å²) in [5.74, 6) is -0.581. The fourth-order valence-corrected chi connectivity index (χ4v) is 2.06. The second-order valence-electron chi connectivity index (χ2n) is 5.52. The van der Waals surface area contributed by atoms with Gasteiger partial charge >= 0.3 is 6.18 Å². The van der Waals surface area contributed by atoms with Crippen LogP contribution in [0.5, 0.6) is 0 Å². The van der Waals surface area contributed by atoms with E-state index in [9.17, 15) is 18.0 Å². The van der Waals surface area contributed by atoms with Crippen LogP contribution in [0.25, 0.3) is 0 Å². The average Bonchev–Trinajstić information content (AvgIpc) is 2.28. The molecule has 0 radical (unpaired) electrons. The summed E-state index contributed by atoms with van der Waals surface area (Å²) in [6.45, 7) is 4.75. The third kappa shape index (κ3) is 3.94. The number of alkyl halides is 3. The molecule has 7 heteroatoms. The molecule has 1 unspecified atom stereocenters. The van der Waals surface area contributed by atoms with Crippen molar-refractivity contribution in [3.63, 3.8) is 0 Å². The van der Waals surface area contributed by atoms with Crippen molar-refractivity contribution in [2.75, 3.05) is 7.05 Å². The second-order valence-corrected chi connectivity index (χ2v) is 6.34. The van der Waals surface area contributed by atoms with Crippen LogP contribution in [0, 0.1) is 5.41 Å². The van der Waals surface area contributed by atoms with E-state index < -0.39 is 23.5 Å². The minimum Gasteiger partial charge on any atom is -0.329 e. The first-order chi connectivity index (χ1) is 8.94. The summed E-state index contributed by atoms with van der Waals surface area (Å²) in [5, 5.41) is 0. The molecule has 0 N–H and O–H groups in total. The molecule has 0 aliphatic heterocycles. The lowest BCUT2D eigenvalue weighted by Crippen LogP contribution is -2.44. The molecule has 3 nitrogen and oxygen atoms in total. The van der Waals surface area contributed by atoms with Gasteiger partial charge in [0.1, 0.15) is 4.60 Å². The van der Waals surface area contributed by atoms with Crippen molar-refractivity contribution < 1.29 is 18.0 Å². The molecule has 1 rings (SSSR count). The van der Waals surface area contributed by atoms with Crippen LogP contribution in [-0.2, 0) is 4.79 Å². The van der Waals surface area contributed by atoms with Gasteiger partial charge in [-0.1, -0.05) is 26.8 Å². The Bertz CT molecular complexity index is 480. The summed E-state index contributed by atoms with van der Waals surface area (Å²) >= 11 is 3.07. The van der Waals surface area contributed by atoms with E-state index in [1.165, 1.54) is 12.1 Å². The molecule has 1 aromatic rings. The van der Waals surface area contributed by atoms with Crippen LogP contribution in [0.4, 0.5) is 13.2 Å². The van der Waals surface area contributed by atoms with Crippen molar-refractivity contribution in [2.24, 2.45) is 5.41 Å². The molecule has 0 aliphatic carbocycles. The van der Waals surface area contributed by atoms with Gasteiger partial charge in [0.15, 0.2) is 6.04 Å². The SMILES string of the molecule is CN(C(=O)C(C)(C)C)C(c1ccc(Br)nc1)C(F)(F)F. The summed E-state index contributed by atoms with van der Waals surface area (Å²) in [6, 6.07) is 0.723. The number of pyridine rings is 1. The zero-order chi connectivity index (χ0) is 15.7. The Labute approximate surface area is 124 Å². The quantitative estimate of drug-likeness (QED) is 0.755. The Morgan fingerprint density at radius 2 is 1.85 bits per heavy atom. The predicted molar refractivity (Wildman–Crippen MR) is 73.0 cm³/mol. The molecule has 1 heterocycles. The summed E-state index contributed by atoms with van der Waals surface area (Å²) in [4.78, 5) is 16.6. The van der Waals surface area contributed by atoms with Crippen molar-refractivity contribution in [3.05, 3.63) is 28.5 Å². The molecule has 1 aromatic heterocycles. The minimum atomic E-state index is -4.56.